The maximum absolute atomic E-state index is 5.92. The Kier molecular flexibility index (Phi) is 3.34. The van der Waals surface area contributed by atoms with Crippen molar-refractivity contribution in [1.29, 1.82) is 0 Å². The Balaban J connectivity index is 2.33. The van der Waals surface area contributed by atoms with E-state index < -0.39 is 0 Å². The highest BCUT2D eigenvalue weighted by molar-refractivity contribution is 9.10. The van der Waals surface area contributed by atoms with Crippen molar-refractivity contribution in [1.82, 2.24) is 0 Å². The third kappa shape index (κ3) is 2.06. The maximum atomic E-state index is 5.92. The lowest BCUT2D eigenvalue weighted by Crippen LogP contribution is -2.18. The van der Waals surface area contributed by atoms with Gasteiger partial charge in [-0.3, -0.25) is 0 Å². The SMILES string of the molecule is ClCc1ccc(Br)cc1N1CCCC1. The number of rotatable bonds is 2. The second-order valence-electron chi connectivity index (χ2n) is 3.60. The number of hydrogen-bond acceptors (Lipinski definition) is 1. The molecule has 3 heteroatoms. The van der Waals surface area contributed by atoms with Crippen LogP contribution in [-0.4, -0.2) is 13.1 Å². The minimum Gasteiger partial charge on any atom is -0.371 e. The minimum atomic E-state index is 0.596. The first-order valence-electron chi connectivity index (χ1n) is 4.90. The molecule has 1 aliphatic heterocycles. The predicted molar refractivity (Wildman–Crippen MR) is 65.1 cm³/mol. The highest BCUT2D eigenvalue weighted by Gasteiger charge is 2.15. The van der Waals surface area contributed by atoms with Gasteiger partial charge in [-0.1, -0.05) is 22.0 Å². The van der Waals surface area contributed by atoms with E-state index in [9.17, 15) is 0 Å². The Bertz CT molecular complexity index is 321. The minimum absolute atomic E-state index is 0.596. The van der Waals surface area contributed by atoms with Gasteiger partial charge in [0.2, 0.25) is 0 Å². The van der Waals surface area contributed by atoms with Gasteiger partial charge in [-0.25, -0.2) is 0 Å². The fraction of sp³-hybridized carbons (Fsp3) is 0.455. The number of alkyl halides is 1. The van der Waals surface area contributed by atoms with Gasteiger partial charge in [-0.2, -0.15) is 0 Å². The zero-order valence-electron chi connectivity index (χ0n) is 7.97. The highest BCUT2D eigenvalue weighted by atomic mass is 79.9. The van der Waals surface area contributed by atoms with Crippen molar-refractivity contribution in [2.24, 2.45) is 0 Å². The van der Waals surface area contributed by atoms with Gasteiger partial charge < -0.3 is 4.90 Å². The van der Waals surface area contributed by atoms with E-state index in [1.54, 1.807) is 0 Å². The molecule has 0 bridgehead atoms. The monoisotopic (exact) mass is 273 g/mol. The lowest BCUT2D eigenvalue weighted by atomic mass is 10.2. The van der Waals surface area contributed by atoms with Crippen molar-refractivity contribution in [3.63, 3.8) is 0 Å². The third-order valence-corrected chi connectivity index (χ3v) is 3.42. The Morgan fingerprint density at radius 1 is 1.29 bits per heavy atom. The number of hydrogen-bond donors (Lipinski definition) is 0. The quantitative estimate of drug-likeness (QED) is 0.742. The lowest BCUT2D eigenvalue weighted by Gasteiger charge is -2.20. The van der Waals surface area contributed by atoms with Crippen LogP contribution in [0.25, 0.3) is 0 Å². The summed E-state index contributed by atoms with van der Waals surface area (Å²) in [5, 5.41) is 0. The molecule has 76 valence electrons. The van der Waals surface area contributed by atoms with Crippen molar-refractivity contribution in [3.8, 4) is 0 Å². The van der Waals surface area contributed by atoms with Crippen LogP contribution < -0.4 is 4.90 Å². The van der Waals surface area contributed by atoms with Crippen molar-refractivity contribution in [3.05, 3.63) is 28.2 Å². The van der Waals surface area contributed by atoms with Gasteiger partial charge in [0.25, 0.3) is 0 Å². The number of benzene rings is 1. The first kappa shape index (κ1) is 10.3. The van der Waals surface area contributed by atoms with Crippen LogP contribution in [0.15, 0.2) is 22.7 Å². The van der Waals surface area contributed by atoms with Gasteiger partial charge in [-0.15, -0.1) is 11.6 Å². The molecule has 14 heavy (non-hydrogen) atoms. The van der Waals surface area contributed by atoms with Crippen molar-refractivity contribution < 1.29 is 0 Å². The van der Waals surface area contributed by atoms with Crippen LogP contribution in [-0.2, 0) is 5.88 Å². The zero-order valence-corrected chi connectivity index (χ0v) is 10.3. The van der Waals surface area contributed by atoms with Gasteiger partial charge in [0.15, 0.2) is 0 Å². The fourth-order valence-corrected chi connectivity index (χ4v) is 2.48. The summed E-state index contributed by atoms with van der Waals surface area (Å²) in [7, 11) is 0. The molecule has 0 N–H and O–H groups in total. The molecule has 2 rings (SSSR count). The van der Waals surface area contributed by atoms with Crippen molar-refractivity contribution >= 4 is 33.2 Å². The maximum Gasteiger partial charge on any atom is 0.0494 e. The van der Waals surface area contributed by atoms with Crippen LogP contribution in [0.5, 0.6) is 0 Å². The van der Waals surface area contributed by atoms with Crippen LogP contribution >= 0.6 is 27.5 Å². The molecule has 0 aliphatic carbocycles. The van der Waals surface area contributed by atoms with Gasteiger partial charge in [0, 0.05) is 29.1 Å². The van der Waals surface area contributed by atoms with E-state index in [4.69, 9.17) is 11.6 Å². The smallest absolute Gasteiger partial charge is 0.0494 e. The highest BCUT2D eigenvalue weighted by Crippen LogP contribution is 2.28. The lowest BCUT2D eigenvalue weighted by molar-refractivity contribution is 0.949. The van der Waals surface area contributed by atoms with Crippen LogP contribution in [0, 0.1) is 0 Å². The summed E-state index contributed by atoms with van der Waals surface area (Å²) >= 11 is 9.42. The van der Waals surface area contributed by atoms with Crippen LogP contribution in [0.4, 0.5) is 5.69 Å². The standard InChI is InChI=1S/C11H13BrClN/c12-10-4-3-9(8-13)11(7-10)14-5-1-2-6-14/h3-4,7H,1-2,5-6,8H2. The molecule has 1 heterocycles. The number of nitrogens with zero attached hydrogens (tertiary/aromatic N) is 1. The number of halogens is 2. The summed E-state index contributed by atoms with van der Waals surface area (Å²) < 4.78 is 1.13. The molecule has 0 unspecified atom stereocenters. The van der Waals surface area contributed by atoms with E-state index in [1.165, 1.54) is 37.2 Å². The molecule has 1 fully saturated rings. The molecule has 0 amide bonds. The largest absolute Gasteiger partial charge is 0.371 e. The molecular formula is C11H13BrClN. The van der Waals surface area contributed by atoms with E-state index in [0.717, 1.165) is 4.47 Å². The Morgan fingerprint density at radius 3 is 2.64 bits per heavy atom. The molecule has 1 aromatic carbocycles. The molecule has 0 radical (unpaired) electrons. The summed E-state index contributed by atoms with van der Waals surface area (Å²) in [6, 6.07) is 6.32. The average molecular weight is 275 g/mol. The predicted octanol–water partition coefficient (Wildman–Crippen LogP) is 3.79. The van der Waals surface area contributed by atoms with Crippen molar-refractivity contribution in [2.75, 3.05) is 18.0 Å². The van der Waals surface area contributed by atoms with Gasteiger partial charge in [0.1, 0.15) is 0 Å². The second kappa shape index (κ2) is 4.54. The Labute approximate surface area is 98.2 Å². The molecule has 1 saturated heterocycles. The molecule has 1 aromatic rings. The molecule has 0 saturated carbocycles. The van der Waals surface area contributed by atoms with Crippen LogP contribution in [0.1, 0.15) is 18.4 Å². The van der Waals surface area contributed by atoms with E-state index in [2.05, 4.69) is 39.0 Å². The first-order valence-corrected chi connectivity index (χ1v) is 6.23. The van der Waals surface area contributed by atoms with Gasteiger partial charge >= 0.3 is 0 Å². The summed E-state index contributed by atoms with van der Waals surface area (Å²) in [6.45, 7) is 2.33. The molecule has 0 atom stereocenters. The first-order chi connectivity index (χ1) is 6.81. The second-order valence-corrected chi connectivity index (χ2v) is 4.78. The Morgan fingerprint density at radius 2 is 2.00 bits per heavy atom. The third-order valence-electron chi connectivity index (χ3n) is 2.64. The normalized spacial score (nSPS) is 16.3. The van der Waals surface area contributed by atoms with Gasteiger partial charge in [-0.05, 0) is 30.5 Å². The van der Waals surface area contributed by atoms with Crippen LogP contribution in [0.3, 0.4) is 0 Å². The van der Waals surface area contributed by atoms with Crippen molar-refractivity contribution in [2.45, 2.75) is 18.7 Å². The van der Waals surface area contributed by atoms with Gasteiger partial charge in [0.05, 0.1) is 0 Å². The van der Waals surface area contributed by atoms with E-state index in [-0.39, 0.29) is 0 Å². The Hall–Kier alpha value is -0.210. The summed E-state index contributed by atoms with van der Waals surface area (Å²) in [4.78, 5) is 2.42. The van der Waals surface area contributed by atoms with E-state index in [0.29, 0.717) is 5.88 Å². The molecule has 0 spiro atoms. The topological polar surface area (TPSA) is 3.24 Å². The summed E-state index contributed by atoms with van der Waals surface area (Å²) in [5.74, 6) is 0.596. The fourth-order valence-electron chi connectivity index (χ4n) is 1.90. The van der Waals surface area contributed by atoms with E-state index in [1.807, 2.05) is 0 Å². The molecule has 1 aliphatic rings. The number of anilines is 1. The van der Waals surface area contributed by atoms with Crippen LogP contribution in [0.2, 0.25) is 0 Å². The molecular weight excluding hydrogens is 261 g/mol. The molecule has 1 nitrogen and oxygen atoms in total. The zero-order chi connectivity index (χ0) is 9.97. The average Bonchev–Trinajstić information content (AvgIpc) is 2.70. The summed E-state index contributed by atoms with van der Waals surface area (Å²) in [5.41, 5.74) is 2.53. The molecule has 0 aromatic heterocycles. The summed E-state index contributed by atoms with van der Waals surface area (Å²) in [6.07, 6.45) is 2.60. The van der Waals surface area contributed by atoms with E-state index >= 15 is 0 Å².